The van der Waals surface area contributed by atoms with Gasteiger partial charge in [-0.05, 0) is 18.2 Å². The Kier molecular flexibility index (Phi) is 2.73. The van der Waals surface area contributed by atoms with Crippen LogP contribution in [0.4, 0.5) is 5.69 Å². The molecule has 0 amide bonds. The summed E-state index contributed by atoms with van der Waals surface area (Å²) in [5.41, 5.74) is 8.68. The Labute approximate surface area is 111 Å². The molecule has 0 aliphatic heterocycles. The fraction of sp³-hybridized carbons (Fsp3) is 0. The Balaban J connectivity index is 2.03. The molecule has 0 aliphatic carbocycles. The number of hydrogen-bond donors (Lipinski definition) is 1. The maximum absolute atomic E-state index is 5.93. The fourth-order valence-corrected chi connectivity index (χ4v) is 2.29. The van der Waals surface area contributed by atoms with Gasteiger partial charge in [0, 0.05) is 22.5 Å². The van der Waals surface area contributed by atoms with Crippen LogP contribution in [0.1, 0.15) is 0 Å². The molecule has 2 aromatic heterocycles. The molecular formula is C11H7ClN4OS. The van der Waals surface area contributed by atoms with Crippen molar-refractivity contribution in [2.24, 2.45) is 0 Å². The quantitative estimate of drug-likeness (QED) is 0.729. The highest BCUT2D eigenvalue weighted by Crippen LogP contribution is 2.27. The van der Waals surface area contributed by atoms with Crippen LogP contribution in [0.5, 0.6) is 0 Å². The summed E-state index contributed by atoms with van der Waals surface area (Å²) in [4.78, 5) is 9.10. The third-order valence-electron chi connectivity index (χ3n) is 2.25. The van der Waals surface area contributed by atoms with E-state index in [9.17, 15) is 0 Å². The number of benzene rings is 1. The summed E-state index contributed by atoms with van der Waals surface area (Å²) in [6, 6.07) is 5.11. The van der Waals surface area contributed by atoms with Crippen LogP contribution >= 0.6 is 22.9 Å². The minimum Gasteiger partial charge on any atom is -0.399 e. The molecule has 3 aromatic rings. The molecule has 2 heterocycles. The number of thiazole rings is 1. The molecule has 0 unspecified atom stereocenters. The van der Waals surface area contributed by atoms with Gasteiger partial charge in [0.15, 0.2) is 0 Å². The molecule has 0 bridgehead atoms. The number of rotatable bonds is 2. The lowest BCUT2D eigenvalue weighted by Gasteiger charge is -1.98. The molecular weight excluding hydrogens is 272 g/mol. The van der Waals surface area contributed by atoms with Crippen molar-refractivity contribution in [2.75, 3.05) is 5.73 Å². The van der Waals surface area contributed by atoms with E-state index in [4.69, 9.17) is 21.9 Å². The highest BCUT2D eigenvalue weighted by Gasteiger charge is 2.12. The number of nitrogens with zero attached hydrogens (tertiary/aromatic N) is 3. The Bertz CT molecular complexity index is 660. The zero-order chi connectivity index (χ0) is 12.5. The molecule has 0 fully saturated rings. The van der Waals surface area contributed by atoms with Gasteiger partial charge in [-0.15, -0.1) is 11.3 Å². The number of aromatic nitrogens is 3. The molecule has 0 spiro atoms. The van der Waals surface area contributed by atoms with Gasteiger partial charge < -0.3 is 10.3 Å². The summed E-state index contributed by atoms with van der Waals surface area (Å²) in [6.07, 6.45) is 1.69. The number of hydrogen-bond acceptors (Lipinski definition) is 6. The molecule has 0 saturated heterocycles. The number of nitrogens with two attached hydrogens (primary N) is 1. The van der Waals surface area contributed by atoms with Gasteiger partial charge in [0.25, 0.3) is 5.89 Å². The van der Waals surface area contributed by atoms with Crippen LogP contribution in [0.3, 0.4) is 0 Å². The zero-order valence-corrected chi connectivity index (χ0v) is 10.6. The van der Waals surface area contributed by atoms with Crippen LogP contribution in [0.15, 0.2) is 34.4 Å². The predicted molar refractivity (Wildman–Crippen MR) is 70.3 cm³/mol. The van der Waals surface area contributed by atoms with E-state index in [1.165, 1.54) is 11.3 Å². The monoisotopic (exact) mass is 278 g/mol. The van der Waals surface area contributed by atoms with Crippen molar-refractivity contribution < 1.29 is 4.52 Å². The van der Waals surface area contributed by atoms with Gasteiger partial charge in [0.1, 0.15) is 0 Å². The second-order valence-corrected chi connectivity index (χ2v) is 4.88. The van der Waals surface area contributed by atoms with Crippen molar-refractivity contribution in [3.8, 4) is 22.2 Å². The normalized spacial score (nSPS) is 10.7. The smallest absolute Gasteiger partial charge is 0.258 e. The molecule has 0 aliphatic rings. The van der Waals surface area contributed by atoms with E-state index in [1.807, 2.05) is 0 Å². The van der Waals surface area contributed by atoms with E-state index in [0.29, 0.717) is 28.0 Å². The molecule has 2 N–H and O–H groups in total. The van der Waals surface area contributed by atoms with Gasteiger partial charge in [0.2, 0.25) is 5.82 Å². The summed E-state index contributed by atoms with van der Waals surface area (Å²) < 4.78 is 5.19. The molecule has 3 rings (SSSR count). The summed E-state index contributed by atoms with van der Waals surface area (Å²) in [7, 11) is 0. The van der Waals surface area contributed by atoms with Crippen LogP contribution in [0.2, 0.25) is 5.02 Å². The van der Waals surface area contributed by atoms with E-state index >= 15 is 0 Å². The predicted octanol–water partition coefficient (Wildman–Crippen LogP) is 3.10. The average Bonchev–Trinajstić information content (AvgIpc) is 2.99. The first-order valence-electron chi connectivity index (χ1n) is 5.01. The van der Waals surface area contributed by atoms with Gasteiger partial charge in [-0.1, -0.05) is 16.8 Å². The third-order valence-corrected chi connectivity index (χ3v) is 3.23. The molecule has 18 heavy (non-hydrogen) atoms. The average molecular weight is 279 g/mol. The Morgan fingerprint density at radius 1 is 1.28 bits per heavy atom. The lowest BCUT2D eigenvalue weighted by molar-refractivity contribution is 0.432. The Morgan fingerprint density at radius 2 is 2.17 bits per heavy atom. The Morgan fingerprint density at radius 3 is 2.89 bits per heavy atom. The third kappa shape index (κ3) is 2.07. The van der Waals surface area contributed by atoms with E-state index in [1.54, 1.807) is 29.9 Å². The fourth-order valence-electron chi connectivity index (χ4n) is 1.50. The number of nitrogen functional groups attached to an aromatic ring is 1. The van der Waals surface area contributed by atoms with Crippen LogP contribution in [-0.4, -0.2) is 15.1 Å². The molecule has 90 valence electrons. The molecule has 5 nitrogen and oxygen atoms in total. The minimum atomic E-state index is 0.382. The standard InChI is InChI=1S/C11H7ClN4OS/c12-7-1-6(2-8(13)3-7)11-15-10(16-17-11)9-4-14-5-18-9/h1-5H,13H2. The van der Waals surface area contributed by atoms with Crippen molar-refractivity contribution in [3.63, 3.8) is 0 Å². The van der Waals surface area contributed by atoms with Crippen molar-refractivity contribution >= 4 is 28.6 Å². The molecule has 0 atom stereocenters. The summed E-state index contributed by atoms with van der Waals surface area (Å²) in [5.74, 6) is 0.888. The minimum absolute atomic E-state index is 0.382. The topological polar surface area (TPSA) is 77.8 Å². The highest BCUT2D eigenvalue weighted by molar-refractivity contribution is 7.13. The van der Waals surface area contributed by atoms with Crippen molar-refractivity contribution in [3.05, 3.63) is 34.9 Å². The van der Waals surface area contributed by atoms with Crippen LogP contribution < -0.4 is 5.73 Å². The lowest BCUT2D eigenvalue weighted by Crippen LogP contribution is -1.86. The second-order valence-electron chi connectivity index (χ2n) is 3.56. The maximum Gasteiger partial charge on any atom is 0.258 e. The van der Waals surface area contributed by atoms with Crippen LogP contribution in [0.25, 0.3) is 22.2 Å². The van der Waals surface area contributed by atoms with Gasteiger partial charge in [0.05, 0.1) is 10.4 Å². The number of anilines is 1. The Hall–Kier alpha value is -1.92. The first-order chi connectivity index (χ1) is 8.72. The van der Waals surface area contributed by atoms with Crippen molar-refractivity contribution in [2.45, 2.75) is 0 Å². The maximum atomic E-state index is 5.93. The molecule has 0 radical (unpaired) electrons. The number of halogens is 1. The summed E-state index contributed by atoms with van der Waals surface area (Å²) in [6.45, 7) is 0. The lowest BCUT2D eigenvalue weighted by atomic mass is 10.2. The highest BCUT2D eigenvalue weighted by atomic mass is 35.5. The first kappa shape index (κ1) is 11.2. The van der Waals surface area contributed by atoms with Crippen LogP contribution in [0, 0.1) is 0 Å². The van der Waals surface area contributed by atoms with Crippen molar-refractivity contribution in [1.82, 2.24) is 15.1 Å². The molecule has 7 heteroatoms. The summed E-state index contributed by atoms with van der Waals surface area (Å²) >= 11 is 7.37. The van der Waals surface area contributed by atoms with E-state index in [2.05, 4.69) is 15.1 Å². The summed E-state index contributed by atoms with van der Waals surface area (Å²) in [5, 5.41) is 4.42. The largest absolute Gasteiger partial charge is 0.399 e. The first-order valence-corrected chi connectivity index (χ1v) is 6.27. The van der Waals surface area contributed by atoms with Gasteiger partial charge in [-0.2, -0.15) is 4.98 Å². The van der Waals surface area contributed by atoms with Crippen LogP contribution in [-0.2, 0) is 0 Å². The van der Waals surface area contributed by atoms with E-state index in [-0.39, 0.29) is 0 Å². The van der Waals surface area contributed by atoms with Gasteiger partial charge >= 0.3 is 0 Å². The SMILES string of the molecule is Nc1cc(Cl)cc(-c2nc(-c3cncs3)no2)c1. The zero-order valence-electron chi connectivity index (χ0n) is 9.00. The van der Waals surface area contributed by atoms with Gasteiger partial charge in [-0.3, -0.25) is 4.98 Å². The van der Waals surface area contributed by atoms with Gasteiger partial charge in [-0.25, -0.2) is 0 Å². The molecule has 1 aromatic carbocycles. The second kappa shape index (κ2) is 4.40. The van der Waals surface area contributed by atoms with E-state index in [0.717, 1.165) is 4.88 Å². The molecule has 0 saturated carbocycles. The van der Waals surface area contributed by atoms with Crippen molar-refractivity contribution in [1.29, 1.82) is 0 Å². The van der Waals surface area contributed by atoms with E-state index < -0.39 is 0 Å².